The molecule has 0 bridgehead atoms. The Balaban J connectivity index is 1.64. The van der Waals surface area contributed by atoms with Gasteiger partial charge in [0.1, 0.15) is 18.5 Å². The van der Waals surface area contributed by atoms with Gasteiger partial charge in [-0.2, -0.15) is 0 Å². The number of piperidine rings is 1. The van der Waals surface area contributed by atoms with Crippen molar-refractivity contribution >= 4 is 5.91 Å². The highest BCUT2D eigenvalue weighted by Crippen LogP contribution is 2.40. The van der Waals surface area contributed by atoms with Crippen molar-refractivity contribution in [1.29, 1.82) is 0 Å². The normalized spacial score (nSPS) is 27.7. The van der Waals surface area contributed by atoms with Crippen LogP contribution in [0, 0.1) is 12.7 Å². The summed E-state index contributed by atoms with van der Waals surface area (Å²) in [6, 6.07) is 5.18. The van der Waals surface area contributed by atoms with E-state index in [0.29, 0.717) is 38.0 Å². The Bertz CT molecular complexity index is 706. The zero-order valence-corrected chi connectivity index (χ0v) is 17.0. The first-order chi connectivity index (χ1) is 13.3. The van der Waals surface area contributed by atoms with Gasteiger partial charge in [-0.3, -0.25) is 9.69 Å². The Morgan fingerprint density at radius 1 is 1.39 bits per heavy atom. The van der Waals surface area contributed by atoms with Crippen LogP contribution >= 0.6 is 0 Å². The summed E-state index contributed by atoms with van der Waals surface area (Å²) in [5, 5.41) is 14.1. The number of aliphatic hydroxyl groups excluding tert-OH is 1. The molecule has 28 heavy (non-hydrogen) atoms. The Labute approximate surface area is 166 Å². The Morgan fingerprint density at radius 2 is 2.11 bits per heavy atom. The molecule has 2 aliphatic rings. The van der Waals surface area contributed by atoms with Crippen molar-refractivity contribution in [2.75, 3.05) is 33.4 Å². The summed E-state index contributed by atoms with van der Waals surface area (Å²) in [5.41, 5.74) is 0.263. The molecule has 1 amide bonds. The number of hydrogen-bond donors (Lipinski definition) is 2. The number of likely N-dealkylation sites (tertiary alicyclic amines) is 1. The summed E-state index contributed by atoms with van der Waals surface area (Å²) < 4.78 is 24.8. The van der Waals surface area contributed by atoms with Gasteiger partial charge in [-0.1, -0.05) is 12.1 Å². The summed E-state index contributed by atoms with van der Waals surface area (Å²) in [6.45, 7) is 6.30. The van der Waals surface area contributed by atoms with E-state index in [-0.39, 0.29) is 18.3 Å². The number of hydrogen-bond acceptors (Lipinski definition) is 5. The van der Waals surface area contributed by atoms with Crippen molar-refractivity contribution < 1.29 is 23.8 Å². The summed E-state index contributed by atoms with van der Waals surface area (Å²) in [7, 11) is 1.47. The standard InChI is InChI=1S/C21H31FN2O4/c1-15-16(5-4-6-17(15)22)13-24-10-7-21(8-11-24)19(26)20(2,9-12-28-21)23-18(25)14-27-3/h4-6,19,26H,7-14H2,1-3H3,(H,23,25)/t19-,20+/m0/s1. The van der Waals surface area contributed by atoms with Crippen LogP contribution in [-0.2, 0) is 20.8 Å². The third-order valence-electron chi connectivity index (χ3n) is 6.29. The molecule has 0 saturated carbocycles. The van der Waals surface area contributed by atoms with Gasteiger partial charge in [-0.05, 0) is 50.3 Å². The highest BCUT2D eigenvalue weighted by molar-refractivity contribution is 5.78. The van der Waals surface area contributed by atoms with Gasteiger partial charge in [0.15, 0.2) is 0 Å². The molecule has 2 N–H and O–H groups in total. The van der Waals surface area contributed by atoms with Gasteiger partial charge < -0.3 is 19.9 Å². The zero-order chi connectivity index (χ0) is 20.4. The molecule has 1 spiro atoms. The number of methoxy groups -OCH3 is 1. The topological polar surface area (TPSA) is 71.0 Å². The van der Waals surface area contributed by atoms with Crippen LogP contribution in [0.4, 0.5) is 4.39 Å². The summed E-state index contributed by atoms with van der Waals surface area (Å²) in [4.78, 5) is 14.3. The number of halogens is 1. The van der Waals surface area contributed by atoms with E-state index in [1.54, 1.807) is 13.0 Å². The van der Waals surface area contributed by atoms with Crippen LogP contribution in [0.2, 0.25) is 0 Å². The lowest BCUT2D eigenvalue weighted by Gasteiger charge is -2.53. The molecule has 3 rings (SSSR count). The molecule has 2 aliphatic heterocycles. The number of aliphatic hydroxyl groups is 1. The van der Waals surface area contributed by atoms with Crippen molar-refractivity contribution in [3.05, 3.63) is 35.1 Å². The third kappa shape index (κ3) is 4.22. The van der Waals surface area contributed by atoms with Crippen LogP contribution in [0.5, 0.6) is 0 Å². The predicted molar refractivity (Wildman–Crippen MR) is 103 cm³/mol. The third-order valence-corrected chi connectivity index (χ3v) is 6.29. The van der Waals surface area contributed by atoms with Crippen molar-refractivity contribution in [1.82, 2.24) is 10.2 Å². The SMILES string of the molecule is COCC(=O)N[C@]1(C)CCOC2(CCN(Cc3cccc(F)c3C)CC2)[C@H]1O. The van der Waals surface area contributed by atoms with E-state index in [4.69, 9.17) is 9.47 Å². The quantitative estimate of drug-likeness (QED) is 0.797. The molecule has 2 atom stereocenters. The molecule has 2 fully saturated rings. The average Bonchev–Trinajstić information content (AvgIpc) is 2.65. The molecule has 156 valence electrons. The Hall–Kier alpha value is -1.54. The molecular weight excluding hydrogens is 363 g/mol. The molecule has 6 nitrogen and oxygen atoms in total. The number of amides is 1. The maximum absolute atomic E-state index is 13.8. The minimum absolute atomic E-state index is 0.0308. The van der Waals surface area contributed by atoms with Crippen molar-refractivity contribution in [3.63, 3.8) is 0 Å². The van der Waals surface area contributed by atoms with Crippen LogP contribution in [-0.4, -0.2) is 66.6 Å². The fourth-order valence-corrected chi connectivity index (χ4v) is 4.45. The number of nitrogens with zero attached hydrogens (tertiary/aromatic N) is 1. The second-order valence-corrected chi connectivity index (χ2v) is 8.26. The molecule has 2 heterocycles. The van der Waals surface area contributed by atoms with Gasteiger partial charge in [0, 0.05) is 33.4 Å². The molecule has 0 aliphatic carbocycles. The molecule has 2 saturated heterocycles. The second kappa shape index (κ2) is 8.45. The summed E-state index contributed by atoms with van der Waals surface area (Å²) in [5.74, 6) is -0.417. The fraction of sp³-hybridized carbons (Fsp3) is 0.667. The molecule has 1 aromatic carbocycles. The largest absolute Gasteiger partial charge is 0.388 e. The van der Waals surface area contributed by atoms with Crippen LogP contribution in [0.25, 0.3) is 0 Å². The van der Waals surface area contributed by atoms with Gasteiger partial charge in [0.05, 0.1) is 11.1 Å². The van der Waals surface area contributed by atoms with Gasteiger partial charge in [-0.15, -0.1) is 0 Å². The Kier molecular flexibility index (Phi) is 6.39. The number of rotatable bonds is 5. The van der Waals surface area contributed by atoms with Gasteiger partial charge in [-0.25, -0.2) is 4.39 Å². The maximum Gasteiger partial charge on any atom is 0.246 e. The van der Waals surface area contributed by atoms with Crippen LogP contribution in [0.15, 0.2) is 18.2 Å². The average molecular weight is 394 g/mol. The van der Waals surface area contributed by atoms with Gasteiger partial charge >= 0.3 is 0 Å². The number of carbonyl (C=O) groups is 1. The highest BCUT2D eigenvalue weighted by atomic mass is 19.1. The number of carbonyl (C=O) groups excluding carboxylic acids is 1. The van der Waals surface area contributed by atoms with E-state index in [2.05, 4.69) is 10.2 Å². The van der Waals surface area contributed by atoms with Crippen LogP contribution in [0.1, 0.15) is 37.3 Å². The zero-order valence-electron chi connectivity index (χ0n) is 17.0. The number of ether oxygens (including phenoxy) is 2. The predicted octanol–water partition coefficient (Wildman–Crippen LogP) is 1.77. The van der Waals surface area contributed by atoms with E-state index < -0.39 is 17.2 Å². The van der Waals surface area contributed by atoms with E-state index >= 15 is 0 Å². The molecule has 0 unspecified atom stereocenters. The van der Waals surface area contributed by atoms with Gasteiger partial charge in [0.2, 0.25) is 5.91 Å². The summed E-state index contributed by atoms with van der Waals surface area (Å²) >= 11 is 0. The Morgan fingerprint density at radius 3 is 2.79 bits per heavy atom. The van der Waals surface area contributed by atoms with Crippen molar-refractivity contribution in [3.8, 4) is 0 Å². The monoisotopic (exact) mass is 394 g/mol. The lowest BCUT2D eigenvalue weighted by atomic mass is 9.73. The van der Waals surface area contributed by atoms with E-state index in [1.165, 1.54) is 13.2 Å². The first-order valence-electron chi connectivity index (χ1n) is 9.88. The molecular formula is C21H31FN2O4. The molecule has 7 heteroatoms. The lowest BCUT2D eigenvalue weighted by Crippen LogP contribution is -2.69. The highest BCUT2D eigenvalue weighted by Gasteiger charge is 2.53. The molecule has 0 aromatic heterocycles. The van der Waals surface area contributed by atoms with E-state index in [9.17, 15) is 14.3 Å². The second-order valence-electron chi connectivity index (χ2n) is 8.26. The minimum Gasteiger partial charge on any atom is -0.388 e. The van der Waals surface area contributed by atoms with Crippen molar-refractivity contribution in [2.45, 2.75) is 56.9 Å². The van der Waals surface area contributed by atoms with Crippen molar-refractivity contribution in [2.24, 2.45) is 0 Å². The van der Waals surface area contributed by atoms with Crippen LogP contribution < -0.4 is 5.32 Å². The lowest BCUT2D eigenvalue weighted by molar-refractivity contribution is -0.208. The first kappa shape index (κ1) is 21.2. The molecule has 1 aromatic rings. The maximum atomic E-state index is 13.8. The van der Waals surface area contributed by atoms with E-state index in [1.807, 2.05) is 13.0 Å². The van der Waals surface area contributed by atoms with Crippen LogP contribution in [0.3, 0.4) is 0 Å². The molecule has 0 radical (unpaired) electrons. The van der Waals surface area contributed by atoms with Gasteiger partial charge in [0.25, 0.3) is 0 Å². The summed E-state index contributed by atoms with van der Waals surface area (Å²) in [6.07, 6.45) is 1.08. The van der Waals surface area contributed by atoms with E-state index in [0.717, 1.165) is 18.7 Å². The first-order valence-corrected chi connectivity index (χ1v) is 9.88. The fourth-order valence-electron chi connectivity index (χ4n) is 4.45. The smallest absolute Gasteiger partial charge is 0.246 e. The number of benzene rings is 1. The number of nitrogens with one attached hydrogen (secondary N) is 1. The minimum atomic E-state index is -0.799.